The van der Waals surface area contributed by atoms with Crippen molar-refractivity contribution in [3.05, 3.63) is 231 Å². The minimum absolute atomic E-state index is 0.688. The van der Waals surface area contributed by atoms with Crippen molar-refractivity contribution in [2.75, 3.05) is 0 Å². The van der Waals surface area contributed by atoms with Crippen molar-refractivity contribution in [3.8, 4) is 78.4 Å². The van der Waals surface area contributed by atoms with Crippen LogP contribution in [0.25, 0.3) is 133 Å². The summed E-state index contributed by atoms with van der Waals surface area (Å²) < 4.78 is 12.5. The molecule has 0 aliphatic rings. The first-order valence-corrected chi connectivity index (χ1v) is 22.3. The first-order chi connectivity index (χ1) is 32.6. The Morgan fingerprint density at radius 1 is 0.227 bits per heavy atom. The van der Waals surface area contributed by atoms with E-state index >= 15 is 0 Å². The fourth-order valence-corrected chi connectivity index (χ4v) is 9.43. The summed E-state index contributed by atoms with van der Waals surface area (Å²) in [5.41, 5.74) is 17.3. The van der Waals surface area contributed by atoms with Gasteiger partial charge in [0.1, 0.15) is 22.3 Å². The molecule has 0 radical (unpaired) electrons. The van der Waals surface area contributed by atoms with Gasteiger partial charge in [0.05, 0.1) is 11.4 Å². The first-order valence-electron chi connectivity index (χ1n) is 22.3. The molecule has 0 saturated heterocycles. The van der Waals surface area contributed by atoms with E-state index in [1.807, 2.05) is 42.5 Å². The molecule has 3 heterocycles. The third-order valence-electron chi connectivity index (χ3n) is 12.9. The van der Waals surface area contributed by atoms with Gasteiger partial charge in [-0.3, -0.25) is 0 Å². The van der Waals surface area contributed by atoms with Crippen LogP contribution in [-0.2, 0) is 0 Å². The second kappa shape index (κ2) is 15.4. The van der Waals surface area contributed by atoms with Crippen molar-refractivity contribution in [2.24, 2.45) is 0 Å². The fraction of sp³-hybridized carbons (Fsp3) is 0. The van der Waals surface area contributed by atoms with Crippen molar-refractivity contribution >= 4 is 54.6 Å². The van der Waals surface area contributed by atoms with Gasteiger partial charge in [0, 0.05) is 38.2 Å². The number of nitrogens with zero attached hydrogens (tertiary/aromatic N) is 2. The zero-order valence-corrected chi connectivity index (χ0v) is 35.7. The summed E-state index contributed by atoms with van der Waals surface area (Å²) in [6.45, 7) is 0. The summed E-state index contributed by atoms with van der Waals surface area (Å²) in [5.74, 6) is 0.688. The third kappa shape index (κ3) is 6.72. The standard InChI is InChI=1S/C62H38N2O2/c1-2-11-44(12-3-1)62-63-56(42-23-18-40(19-24-42)46-27-22-39-10-4-5-13-45(39)32-46)38-57(64-62)43-25-20-41(21-26-43)49-33-50(47-28-30-60-54(36-47)52-14-6-8-16-58(52)65-60)35-51(34-49)48-29-31-61-55(37-48)53-15-7-9-17-59(53)66-61/h1-38H. The van der Waals surface area contributed by atoms with Gasteiger partial charge in [-0.25, -0.2) is 9.97 Å². The molecule has 13 aromatic rings. The molecule has 308 valence electrons. The summed E-state index contributed by atoms with van der Waals surface area (Å²) in [5, 5.41) is 6.89. The molecule has 0 atom stereocenters. The van der Waals surface area contributed by atoms with Gasteiger partial charge in [-0.05, 0) is 122 Å². The van der Waals surface area contributed by atoms with Gasteiger partial charge < -0.3 is 8.83 Å². The zero-order valence-electron chi connectivity index (χ0n) is 35.7. The maximum atomic E-state index is 6.23. The van der Waals surface area contributed by atoms with Gasteiger partial charge in [0.25, 0.3) is 0 Å². The van der Waals surface area contributed by atoms with Crippen molar-refractivity contribution in [1.82, 2.24) is 9.97 Å². The van der Waals surface area contributed by atoms with Gasteiger partial charge in [-0.2, -0.15) is 0 Å². The molecule has 0 fully saturated rings. The van der Waals surface area contributed by atoms with Crippen LogP contribution in [0.4, 0.5) is 0 Å². The van der Waals surface area contributed by atoms with E-state index in [-0.39, 0.29) is 0 Å². The number of hydrogen-bond acceptors (Lipinski definition) is 4. The average molecular weight is 843 g/mol. The molecule has 4 nitrogen and oxygen atoms in total. The number of benzene rings is 10. The maximum absolute atomic E-state index is 6.23. The molecule has 0 spiro atoms. The second-order valence-electron chi connectivity index (χ2n) is 17.0. The highest BCUT2D eigenvalue weighted by molar-refractivity contribution is 6.08. The van der Waals surface area contributed by atoms with Gasteiger partial charge in [0.2, 0.25) is 0 Å². The number of rotatable bonds is 7. The van der Waals surface area contributed by atoms with Crippen molar-refractivity contribution in [2.45, 2.75) is 0 Å². The predicted molar refractivity (Wildman–Crippen MR) is 272 cm³/mol. The topological polar surface area (TPSA) is 52.1 Å². The Balaban J connectivity index is 0.900. The molecule has 0 saturated carbocycles. The van der Waals surface area contributed by atoms with Crippen molar-refractivity contribution in [1.29, 1.82) is 0 Å². The predicted octanol–water partition coefficient (Wildman–Crippen LogP) is 17.1. The SMILES string of the molecule is c1ccc(-c2nc(-c3ccc(-c4cc(-c5ccc6oc7ccccc7c6c5)cc(-c5ccc6oc7ccccc7c6c5)c4)cc3)cc(-c3ccc(-c4ccc5ccccc5c4)cc3)n2)cc1. The van der Waals surface area contributed by atoms with E-state index in [0.29, 0.717) is 5.82 Å². The smallest absolute Gasteiger partial charge is 0.160 e. The minimum atomic E-state index is 0.688. The Labute approximate surface area is 380 Å². The molecule has 3 aromatic heterocycles. The van der Waals surface area contributed by atoms with Crippen molar-refractivity contribution in [3.63, 3.8) is 0 Å². The Morgan fingerprint density at radius 2 is 0.636 bits per heavy atom. The Kier molecular flexibility index (Phi) is 8.81. The lowest BCUT2D eigenvalue weighted by Crippen LogP contribution is -1.96. The van der Waals surface area contributed by atoms with Crippen LogP contribution in [0, 0.1) is 0 Å². The normalized spacial score (nSPS) is 11.6. The van der Waals surface area contributed by atoms with Crippen LogP contribution >= 0.6 is 0 Å². The molecule has 0 bridgehead atoms. The third-order valence-corrected chi connectivity index (χ3v) is 12.9. The quantitative estimate of drug-likeness (QED) is 0.160. The summed E-state index contributed by atoms with van der Waals surface area (Å²) in [4.78, 5) is 10.3. The van der Waals surface area contributed by atoms with E-state index in [4.69, 9.17) is 18.8 Å². The van der Waals surface area contributed by atoms with Crippen LogP contribution in [0.2, 0.25) is 0 Å². The second-order valence-corrected chi connectivity index (χ2v) is 17.0. The zero-order chi connectivity index (χ0) is 43.6. The van der Waals surface area contributed by atoms with E-state index in [9.17, 15) is 0 Å². The van der Waals surface area contributed by atoms with Gasteiger partial charge in [0.15, 0.2) is 5.82 Å². The lowest BCUT2D eigenvalue weighted by atomic mass is 9.92. The highest BCUT2D eigenvalue weighted by atomic mass is 16.3. The Hall–Kier alpha value is -8.86. The molecular formula is C62H38N2O2. The molecular weight excluding hydrogens is 805 g/mol. The lowest BCUT2D eigenvalue weighted by Gasteiger charge is -2.13. The van der Waals surface area contributed by atoms with E-state index in [1.165, 1.54) is 16.3 Å². The summed E-state index contributed by atoms with van der Waals surface area (Å²) in [6, 6.07) is 81.3. The largest absolute Gasteiger partial charge is 0.456 e. The molecule has 10 aromatic carbocycles. The van der Waals surface area contributed by atoms with E-state index in [2.05, 4.69) is 188 Å². The van der Waals surface area contributed by atoms with E-state index in [1.54, 1.807) is 0 Å². The van der Waals surface area contributed by atoms with Gasteiger partial charge in [-0.1, -0.05) is 164 Å². The number of para-hydroxylation sites is 2. The highest BCUT2D eigenvalue weighted by Gasteiger charge is 2.16. The summed E-state index contributed by atoms with van der Waals surface area (Å²) in [6.07, 6.45) is 0. The Morgan fingerprint density at radius 3 is 1.21 bits per heavy atom. The van der Waals surface area contributed by atoms with Crippen LogP contribution in [-0.4, -0.2) is 9.97 Å². The van der Waals surface area contributed by atoms with E-state index in [0.717, 1.165) is 111 Å². The number of fused-ring (bicyclic) bond motifs is 7. The summed E-state index contributed by atoms with van der Waals surface area (Å²) in [7, 11) is 0. The van der Waals surface area contributed by atoms with Crippen LogP contribution in [0.3, 0.4) is 0 Å². The maximum Gasteiger partial charge on any atom is 0.160 e. The van der Waals surface area contributed by atoms with Crippen LogP contribution in [0.15, 0.2) is 239 Å². The van der Waals surface area contributed by atoms with Crippen LogP contribution in [0.1, 0.15) is 0 Å². The highest BCUT2D eigenvalue weighted by Crippen LogP contribution is 2.39. The van der Waals surface area contributed by atoms with Crippen LogP contribution < -0.4 is 0 Å². The Bertz CT molecular complexity index is 3840. The molecule has 0 aliphatic carbocycles. The lowest BCUT2D eigenvalue weighted by molar-refractivity contribution is 0.668. The molecule has 4 heteroatoms. The summed E-state index contributed by atoms with van der Waals surface area (Å²) >= 11 is 0. The minimum Gasteiger partial charge on any atom is -0.456 e. The molecule has 13 rings (SSSR count). The molecule has 0 aliphatic heterocycles. The fourth-order valence-electron chi connectivity index (χ4n) is 9.43. The average Bonchev–Trinajstić information content (AvgIpc) is 3.96. The van der Waals surface area contributed by atoms with Crippen molar-refractivity contribution < 1.29 is 8.83 Å². The van der Waals surface area contributed by atoms with Gasteiger partial charge >= 0.3 is 0 Å². The van der Waals surface area contributed by atoms with Gasteiger partial charge in [-0.15, -0.1) is 0 Å². The van der Waals surface area contributed by atoms with E-state index < -0.39 is 0 Å². The molecule has 66 heavy (non-hydrogen) atoms. The number of furan rings is 2. The number of aromatic nitrogens is 2. The molecule has 0 amide bonds. The number of hydrogen-bond donors (Lipinski definition) is 0. The molecule has 0 unspecified atom stereocenters. The first kappa shape index (κ1) is 37.7. The molecule has 0 N–H and O–H groups in total. The monoisotopic (exact) mass is 842 g/mol. The van der Waals surface area contributed by atoms with Crippen LogP contribution in [0.5, 0.6) is 0 Å².